The standard InChI is InChI=1S/C48H48O3/c1-29-25-40(26-30(2)44(29)50)48(8,41-27-31(3)45(51)32(4)28-41)43-33-9-13-37(14-10-33)47(7,38-15-11-34(43)12-16-38)39-19-17-35(18-20-39)46(5,6)36-21-23-42(49)24-22-36/h9-28,43,49-51H,1-8H3. The maximum absolute atomic E-state index is 10.8. The number of aryl methyl sites for hydroxylation is 4. The molecule has 4 bridgehead atoms. The van der Waals surface area contributed by atoms with E-state index in [1.807, 2.05) is 39.8 Å². The number of hydrogen-bond donors (Lipinski definition) is 3. The first kappa shape index (κ1) is 34.2. The van der Waals surface area contributed by atoms with Gasteiger partial charge in [-0.15, -0.1) is 0 Å². The van der Waals surface area contributed by atoms with E-state index in [1.165, 1.54) is 33.4 Å². The fourth-order valence-corrected chi connectivity index (χ4v) is 8.65. The van der Waals surface area contributed by atoms with E-state index in [0.717, 1.165) is 38.9 Å². The van der Waals surface area contributed by atoms with Crippen molar-refractivity contribution in [1.29, 1.82) is 0 Å². The van der Waals surface area contributed by atoms with Crippen LogP contribution in [0.25, 0.3) is 0 Å². The molecule has 6 aromatic rings. The molecule has 0 aliphatic heterocycles. The van der Waals surface area contributed by atoms with Crippen molar-refractivity contribution in [3.8, 4) is 17.2 Å². The van der Waals surface area contributed by atoms with Gasteiger partial charge in [-0.25, -0.2) is 0 Å². The molecule has 0 unspecified atom stereocenters. The maximum atomic E-state index is 10.8. The Balaban J connectivity index is 1.37. The summed E-state index contributed by atoms with van der Waals surface area (Å²) in [6.45, 7) is 17.0. The lowest BCUT2D eigenvalue weighted by atomic mass is 9.60. The Bertz CT molecular complexity index is 2090. The Kier molecular flexibility index (Phi) is 8.17. The van der Waals surface area contributed by atoms with Gasteiger partial charge >= 0.3 is 0 Å². The first-order valence-electron chi connectivity index (χ1n) is 17.9. The maximum Gasteiger partial charge on any atom is 0.121 e. The van der Waals surface area contributed by atoms with E-state index in [-0.39, 0.29) is 22.5 Å². The van der Waals surface area contributed by atoms with Crippen LogP contribution >= 0.6 is 0 Å². The largest absolute Gasteiger partial charge is 0.508 e. The zero-order valence-electron chi connectivity index (χ0n) is 31.0. The average Bonchev–Trinajstić information content (AvgIpc) is 3.13. The highest BCUT2D eigenvalue weighted by atomic mass is 16.3. The van der Waals surface area contributed by atoms with Crippen LogP contribution in [0, 0.1) is 27.7 Å². The third-order valence-corrected chi connectivity index (χ3v) is 12.2. The topological polar surface area (TPSA) is 60.7 Å². The smallest absolute Gasteiger partial charge is 0.121 e. The zero-order chi connectivity index (χ0) is 36.5. The summed E-state index contributed by atoms with van der Waals surface area (Å²) in [7, 11) is 0. The zero-order valence-corrected chi connectivity index (χ0v) is 31.0. The first-order chi connectivity index (χ1) is 24.1. The lowest BCUT2D eigenvalue weighted by Gasteiger charge is -2.42. The van der Waals surface area contributed by atoms with Crippen molar-refractivity contribution in [2.24, 2.45) is 0 Å². The van der Waals surface area contributed by atoms with Gasteiger partial charge in [0.05, 0.1) is 0 Å². The number of hydrogen-bond acceptors (Lipinski definition) is 3. The van der Waals surface area contributed by atoms with Gasteiger partial charge in [0.1, 0.15) is 17.2 Å². The van der Waals surface area contributed by atoms with Crippen LogP contribution in [0.4, 0.5) is 0 Å². The Morgan fingerprint density at radius 3 is 1.12 bits per heavy atom. The van der Waals surface area contributed by atoms with E-state index in [9.17, 15) is 15.3 Å². The molecule has 0 spiro atoms. The molecule has 10 rings (SSSR count). The predicted molar refractivity (Wildman–Crippen MR) is 209 cm³/mol. The van der Waals surface area contributed by atoms with Crippen LogP contribution in [-0.2, 0) is 16.2 Å². The highest BCUT2D eigenvalue weighted by Crippen LogP contribution is 2.52. The molecule has 0 amide bonds. The molecule has 0 aromatic heterocycles. The van der Waals surface area contributed by atoms with Crippen molar-refractivity contribution in [2.75, 3.05) is 0 Å². The van der Waals surface area contributed by atoms with Gasteiger partial charge in [-0.2, -0.15) is 0 Å². The van der Waals surface area contributed by atoms with Crippen LogP contribution in [-0.4, -0.2) is 15.3 Å². The highest BCUT2D eigenvalue weighted by Gasteiger charge is 2.42. The van der Waals surface area contributed by atoms with Gasteiger partial charge in [0.25, 0.3) is 0 Å². The number of phenolic OH excluding ortho intramolecular Hbond substituents is 3. The third kappa shape index (κ3) is 5.42. The van der Waals surface area contributed by atoms with E-state index in [1.54, 1.807) is 12.1 Å². The molecule has 258 valence electrons. The summed E-state index contributed by atoms with van der Waals surface area (Å²) < 4.78 is 0. The molecule has 4 aliphatic rings. The van der Waals surface area contributed by atoms with Crippen molar-refractivity contribution in [2.45, 2.75) is 77.6 Å². The molecule has 0 saturated carbocycles. The molecule has 3 nitrogen and oxygen atoms in total. The fraction of sp³-hybridized carbons (Fsp3) is 0.250. The van der Waals surface area contributed by atoms with Crippen LogP contribution in [0.1, 0.15) is 106 Å². The Hall–Kier alpha value is -5.28. The first-order valence-corrected chi connectivity index (χ1v) is 17.9. The van der Waals surface area contributed by atoms with Crippen LogP contribution in [0.15, 0.2) is 121 Å². The van der Waals surface area contributed by atoms with Crippen LogP contribution < -0.4 is 0 Å². The van der Waals surface area contributed by atoms with Crippen LogP contribution in [0.5, 0.6) is 17.2 Å². The van der Waals surface area contributed by atoms with Gasteiger partial charge in [0.15, 0.2) is 0 Å². The lowest BCUT2D eigenvalue weighted by molar-refractivity contribution is 0.458. The normalized spacial score (nSPS) is 17.1. The minimum Gasteiger partial charge on any atom is -0.508 e. The summed E-state index contributed by atoms with van der Waals surface area (Å²) in [5.74, 6) is 0.876. The summed E-state index contributed by atoms with van der Waals surface area (Å²) in [5.41, 5.74) is 12.9. The summed E-state index contributed by atoms with van der Waals surface area (Å²) >= 11 is 0. The molecular formula is C48H48O3. The van der Waals surface area contributed by atoms with Gasteiger partial charge in [0.2, 0.25) is 0 Å². The van der Waals surface area contributed by atoms with Crippen LogP contribution in [0.3, 0.4) is 0 Å². The molecule has 0 fully saturated rings. The van der Waals surface area contributed by atoms with Gasteiger partial charge in [-0.3, -0.25) is 0 Å². The molecule has 0 radical (unpaired) electrons. The second-order valence-electron chi connectivity index (χ2n) is 15.7. The van der Waals surface area contributed by atoms with Crippen molar-refractivity contribution in [3.63, 3.8) is 0 Å². The summed E-state index contributed by atoms with van der Waals surface area (Å²) in [5, 5.41) is 31.5. The van der Waals surface area contributed by atoms with Crippen molar-refractivity contribution in [1.82, 2.24) is 0 Å². The van der Waals surface area contributed by atoms with Gasteiger partial charge in [0, 0.05) is 22.2 Å². The van der Waals surface area contributed by atoms with Crippen molar-refractivity contribution in [3.05, 3.63) is 194 Å². The predicted octanol–water partition coefficient (Wildman–Crippen LogP) is 11.2. The molecule has 3 N–H and O–H groups in total. The average molecular weight is 673 g/mol. The molecule has 0 heterocycles. The van der Waals surface area contributed by atoms with Gasteiger partial charge in [-0.05, 0) is 119 Å². The number of aromatic hydroxyl groups is 3. The fourth-order valence-electron chi connectivity index (χ4n) is 8.65. The third-order valence-electron chi connectivity index (χ3n) is 12.2. The Morgan fingerprint density at radius 2 is 0.765 bits per heavy atom. The van der Waals surface area contributed by atoms with Crippen molar-refractivity contribution >= 4 is 0 Å². The monoisotopic (exact) mass is 672 g/mol. The van der Waals surface area contributed by atoms with Gasteiger partial charge < -0.3 is 15.3 Å². The molecule has 0 saturated heterocycles. The molecule has 6 aromatic carbocycles. The highest BCUT2D eigenvalue weighted by molar-refractivity contribution is 5.59. The minimum absolute atomic E-state index is 0.0574. The van der Waals surface area contributed by atoms with Crippen LogP contribution in [0.2, 0.25) is 0 Å². The van der Waals surface area contributed by atoms with E-state index in [0.29, 0.717) is 11.5 Å². The summed E-state index contributed by atoms with van der Waals surface area (Å²) in [6.07, 6.45) is 0. The molecule has 3 heteroatoms. The SMILES string of the molecule is Cc1cc(C(C)(c2cc(C)c(O)c(C)c2)C2c3ccc(cc3)C(C)(c3ccc(C(C)(C)c4ccc(O)cc4)cc3)c3ccc2cc3)cc(C)c1O. The number of rotatable bonds is 6. The van der Waals surface area contributed by atoms with Crippen molar-refractivity contribution < 1.29 is 15.3 Å². The lowest BCUT2D eigenvalue weighted by Crippen LogP contribution is -2.34. The van der Waals surface area contributed by atoms with E-state index >= 15 is 0 Å². The summed E-state index contributed by atoms with van der Waals surface area (Å²) in [4.78, 5) is 0. The minimum atomic E-state index is -0.544. The number of benzene rings is 6. The summed E-state index contributed by atoms with van der Waals surface area (Å²) in [6, 6.07) is 43.5. The van der Waals surface area contributed by atoms with E-state index in [2.05, 4.69) is 125 Å². The number of phenols is 3. The van der Waals surface area contributed by atoms with Gasteiger partial charge in [-0.1, -0.05) is 130 Å². The molecular weight excluding hydrogens is 625 g/mol. The second kappa shape index (κ2) is 12.2. The molecule has 51 heavy (non-hydrogen) atoms. The quantitative estimate of drug-likeness (QED) is 0.165. The van der Waals surface area contributed by atoms with E-state index < -0.39 is 5.41 Å². The molecule has 0 atom stereocenters. The molecule has 4 aliphatic carbocycles. The Morgan fingerprint density at radius 1 is 0.451 bits per heavy atom. The second-order valence-corrected chi connectivity index (χ2v) is 15.7. The Labute approximate surface area is 302 Å². The van der Waals surface area contributed by atoms with E-state index in [4.69, 9.17) is 0 Å².